The fourth-order valence-corrected chi connectivity index (χ4v) is 1.59. The highest BCUT2D eigenvalue weighted by molar-refractivity contribution is 5.28. The van der Waals surface area contributed by atoms with E-state index in [4.69, 9.17) is 4.74 Å². The normalized spacial score (nSPS) is 17.5. The molecular formula is C13H18O2. The predicted octanol–water partition coefficient (Wildman–Crippen LogP) is 2.92. The monoisotopic (exact) mass is 206 g/mol. The summed E-state index contributed by atoms with van der Waals surface area (Å²) in [5.41, 5.74) is 0.935. The van der Waals surface area contributed by atoms with Gasteiger partial charge in [-0.25, -0.2) is 0 Å². The molecule has 15 heavy (non-hydrogen) atoms. The largest absolute Gasteiger partial charge is 0.494 e. The number of hydrogen-bond donors (Lipinski definition) is 1. The Kier molecular flexibility index (Phi) is 3.27. The van der Waals surface area contributed by atoms with Crippen molar-refractivity contribution in [1.82, 2.24) is 0 Å². The maximum Gasteiger partial charge on any atom is 0.119 e. The summed E-state index contributed by atoms with van der Waals surface area (Å²) in [4.78, 5) is 0. The second kappa shape index (κ2) is 4.67. The van der Waals surface area contributed by atoms with Crippen molar-refractivity contribution in [2.45, 2.75) is 32.3 Å². The summed E-state index contributed by atoms with van der Waals surface area (Å²) in [5.74, 6) is 1.82. The van der Waals surface area contributed by atoms with Gasteiger partial charge < -0.3 is 9.84 Å². The van der Waals surface area contributed by atoms with Crippen molar-refractivity contribution in [3.05, 3.63) is 29.8 Å². The van der Waals surface area contributed by atoms with Gasteiger partial charge in [-0.3, -0.25) is 0 Å². The Hall–Kier alpha value is -1.02. The number of rotatable bonds is 5. The van der Waals surface area contributed by atoms with Crippen molar-refractivity contribution in [3.63, 3.8) is 0 Å². The lowest BCUT2D eigenvalue weighted by atomic mass is 10.1. The number of ether oxygens (including phenoxy) is 1. The first-order valence-corrected chi connectivity index (χ1v) is 5.66. The van der Waals surface area contributed by atoms with E-state index in [1.165, 1.54) is 19.3 Å². The lowest BCUT2D eigenvalue weighted by molar-refractivity contribution is 0.199. The zero-order valence-corrected chi connectivity index (χ0v) is 9.15. The average Bonchev–Trinajstić information content (AvgIpc) is 3.02. The third-order valence-electron chi connectivity index (χ3n) is 2.85. The molecule has 0 spiro atoms. The smallest absolute Gasteiger partial charge is 0.119 e. The lowest BCUT2D eigenvalue weighted by Crippen LogP contribution is -1.98. The summed E-state index contributed by atoms with van der Waals surface area (Å²) in [5, 5.41) is 9.33. The van der Waals surface area contributed by atoms with Crippen molar-refractivity contribution < 1.29 is 9.84 Å². The van der Waals surface area contributed by atoms with Crippen LogP contribution in [0.2, 0.25) is 0 Å². The second-order valence-electron chi connectivity index (χ2n) is 4.33. The average molecular weight is 206 g/mol. The van der Waals surface area contributed by atoms with Crippen LogP contribution in [0.1, 0.15) is 37.9 Å². The zero-order chi connectivity index (χ0) is 10.7. The lowest BCUT2D eigenvalue weighted by Gasteiger charge is -2.08. The van der Waals surface area contributed by atoms with E-state index in [9.17, 15) is 5.11 Å². The summed E-state index contributed by atoms with van der Waals surface area (Å²) in [7, 11) is 0. The van der Waals surface area contributed by atoms with Crippen LogP contribution < -0.4 is 4.74 Å². The van der Waals surface area contributed by atoms with Gasteiger partial charge in [-0.15, -0.1) is 0 Å². The Labute approximate surface area is 90.9 Å². The number of hydrogen-bond acceptors (Lipinski definition) is 2. The molecule has 1 aromatic rings. The summed E-state index contributed by atoms with van der Waals surface area (Å²) in [6, 6.07) is 7.68. The maximum atomic E-state index is 9.33. The summed E-state index contributed by atoms with van der Waals surface area (Å²) < 4.78 is 5.61. The fourth-order valence-electron chi connectivity index (χ4n) is 1.59. The zero-order valence-electron chi connectivity index (χ0n) is 9.15. The van der Waals surface area contributed by atoms with Gasteiger partial charge in [-0.2, -0.15) is 0 Å². The first kappa shape index (κ1) is 10.5. The highest BCUT2D eigenvalue weighted by atomic mass is 16.5. The van der Waals surface area contributed by atoms with Crippen molar-refractivity contribution in [2.75, 3.05) is 6.61 Å². The van der Waals surface area contributed by atoms with Crippen molar-refractivity contribution in [2.24, 2.45) is 5.92 Å². The highest BCUT2D eigenvalue weighted by Crippen LogP contribution is 2.32. The van der Waals surface area contributed by atoms with E-state index >= 15 is 0 Å². The number of aliphatic hydroxyl groups excluding tert-OH is 1. The first-order valence-electron chi connectivity index (χ1n) is 5.66. The van der Waals surface area contributed by atoms with Crippen LogP contribution in [0, 0.1) is 5.92 Å². The molecule has 0 aliphatic heterocycles. The van der Waals surface area contributed by atoms with E-state index in [0.717, 1.165) is 23.8 Å². The van der Waals surface area contributed by atoms with Crippen LogP contribution in [0.5, 0.6) is 5.75 Å². The molecule has 1 unspecified atom stereocenters. The molecular weight excluding hydrogens is 188 g/mol. The molecule has 1 aromatic carbocycles. The molecule has 0 saturated heterocycles. The molecule has 1 aliphatic carbocycles. The minimum atomic E-state index is -0.398. The topological polar surface area (TPSA) is 29.5 Å². The van der Waals surface area contributed by atoms with Gasteiger partial charge in [0.25, 0.3) is 0 Å². The van der Waals surface area contributed by atoms with Crippen LogP contribution in [0.15, 0.2) is 24.3 Å². The first-order chi connectivity index (χ1) is 7.25. The van der Waals surface area contributed by atoms with Gasteiger partial charge in [0.05, 0.1) is 12.7 Å². The molecule has 0 radical (unpaired) electrons. The van der Waals surface area contributed by atoms with E-state index in [1.807, 2.05) is 24.3 Å². The number of benzene rings is 1. The van der Waals surface area contributed by atoms with E-state index in [-0.39, 0.29) is 0 Å². The predicted molar refractivity (Wildman–Crippen MR) is 59.9 cm³/mol. The SMILES string of the molecule is CC(O)c1ccc(OCCC2CC2)cc1. The van der Waals surface area contributed by atoms with Crippen molar-refractivity contribution in [1.29, 1.82) is 0 Å². The van der Waals surface area contributed by atoms with Crippen LogP contribution in [0.3, 0.4) is 0 Å². The van der Waals surface area contributed by atoms with Crippen LogP contribution in [0.25, 0.3) is 0 Å². The van der Waals surface area contributed by atoms with Gasteiger partial charge in [0, 0.05) is 0 Å². The molecule has 1 saturated carbocycles. The van der Waals surface area contributed by atoms with Crippen LogP contribution in [-0.2, 0) is 0 Å². The van der Waals surface area contributed by atoms with E-state index in [2.05, 4.69) is 0 Å². The van der Waals surface area contributed by atoms with Crippen molar-refractivity contribution in [3.8, 4) is 5.75 Å². The van der Waals surface area contributed by atoms with Gasteiger partial charge in [-0.05, 0) is 37.0 Å². The third kappa shape index (κ3) is 3.24. The molecule has 1 atom stereocenters. The van der Waals surface area contributed by atoms with Gasteiger partial charge in [0.1, 0.15) is 5.75 Å². The quantitative estimate of drug-likeness (QED) is 0.802. The molecule has 82 valence electrons. The third-order valence-corrected chi connectivity index (χ3v) is 2.85. The Morgan fingerprint density at radius 2 is 2.00 bits per heavy atom. The Morgan fingerprint density at radius 1 is 1.33 bits per heavy atom. The van der Waals surface area contributed by atoms with Crippen LogP contribution >= 0.6 is 0 Å². The molecule has 0 amide bonds. The van der Waals surface area contributed by atoms with Crippen molar-refractivity contribution >= 4 is 0 Å². The molecule has 0 bridgehead atoms. The van der Waals surface area contributed by atoms with Crippen LogP contribution in [0.4, 0.5) is 0 Å². The minimum absolute atomic E-state index is 0.398. The summed E-state index contributed by atoms with van der Waals surface area (Å²) >= 11 is 0. The second-order valence-corrected chi connectivity index (χ2v) is 4.33. The van der Waals surface area contributed by atoms with Gasteiger partial charge >= 0.3 is 0 Å². The molecule has 0 aromatic heterocycles. The Morgan fingerprint density at radius 3 is 2.53 bits per heavy atom. The van der Waals surface area contributed by atoms with Gasteiger partial charge in [-0.1, -0.05) is 25.0 Å². The molecule has 1 fully saturated rings. The van der Waals surface area contributed by atoms with E-state index in [0.29, 0.717) is 0 Å². The summed E-state index contributed by atoms with van der Waals surface area (Å²) in [6.07, 6.45) is 3.54. The standard InChI is InChI=1S/C13H18O2/c1-10(14)12-4-6-13(7-5-12)15-9-8-11-2-3-11/h4-7,10-11,14H,2-3,8-9H2,1H3. The fraction of sp³-hybridized carbons (Fsp3) is 0.538. The van der Waals surface area contributed by atoms with Gasteiger partial charge in [0.2, 0.25) is 0 Å². The Bertz CT molecular complexity index is 299. The molecule has 1 N–H and O–H groups in total. The minimum Gasteiger partial charge on any atom is -0.494 e. The van der Waals surface area contributed by atoms with E-state index in [1.54, 1.807) is 6.92 Å². The van der Waals surface area contributed by atoms with E-state index < -0.39 is 6.10 Å². The summed E-state index contributed by atoms with van der Waals surface area (Å²) in [6.45, 7) is 2.58. The van der Waals surface area contributed by atoms with Crippen LogP contribution in [-0.4, -0.2) is 11.7 Å². The maximum absolute atomic E-state index is 9.33. The highest BCUT2D eigenvalue weighted by Gasteiger charge is 2.20. The molecule has 1 aliphatic rings. The van der Waals surface area contributed by atoms with Gasteiger partial charge in [0.15, 0.2) is 0 Å². The molecule has 2 nitrogen and oxygen atoms in total. The molecule has 0 heterocycles. The number of aliphatic hydroxyl groups is 1. The Balaban J connectivity index is 1.80. The molecule has 2 rings (SSSR count). The molecule has 2 heteroatoms.